The number of rotatable bonds is 4. The topological polar surface area (TPSA) is 43.9 Å². The molecular weight excluding hydrogens is 454 g/mol. The fraction of sp³-hybridized carbons (Fsp3) is 0.231. The second-order valence-electron chi connectivity index (χ2n) is 8.16. The number of carbonyl (C=O) groups excluding carboxylic acids is 2. The van der Waals surface area contributed by atoms with Crippen molar-refractivity contribution in [3.05, 3.63) is 88.9 Å². The molecule has 2 aliphatic heterocycles. The molecule has 168 valence electrons. The molecule has 0 bridgehead atoms. The quantitative estimate of drug-likeness (QED) is 0.533. The third-order valence-corrected chi connectivity index (χ3v) is 7.48. The van der Waals surface area contributed by atoms with E-state index in [-0.39, 0.29) is 11.8 Å². The highest BCUT2D eigenvalue weighted by Gasteiger charge is 2.25. The number of amides is 2. The lowest BCUT2D eigenvalue weighted by Crippen LogP contribution is -2.48. The van der Waals surface area contributed by atoms with E-state index in [1.807, 2.05) is 82.6 Å². The zero-order chi connectivity index (χ0) is 22.8. The molecule has 0 radical (unpaired) electrons. The monoisotopic (exact) mass is 477 g/mol. The average molecular weight is 478 g/mol. The second kappa shape index (κ2) is 9.49. The molecule has 0 aliphatic carbocycles. The van der Waals surface area contributed by atoms with Crippen LogP contribution in [-0.2, 0) is 11.3 Å². The number of piperazine rings is 1. The number of hydrogen-bond acceptors (Lipinski definition) is 4. The summed E-state index contributed by atoms with van der Waals surface area (Å²) in [5.74, 6) is 0.597. The average Bonchev–Trinajstić information content (AvgIpc) is 2.86. The molecule has 3 aromatic carbocycles. The number of fused-ring (bicyclic) bond motifs is 1. The Bertz CT molecular complexity index is 1180. The highest BCUT2D eigenvalue weighted by molar-refractivity contribution is 8.00. The van der Waals surface area contributed by atoms with Crippen molar-refractivity contribution in [3.63, 3.8) is 0 Å². The Kier molecular flexibility index (Phi) is 6.29. The maximum Gasteiger partial charge on any atom is 0.253 e. The summed E-state index contributed by atoms with van der Waals surface area (Å²) >= 11 is 7.91. The van der Waals surface area contributed by atoms with Crippen molar-refractivity contribution in [2.24, 2.45) is 0 Å². The van der Waals surface area contributed by atoms with E-state index in [2.05, 4.69) is 4.90 Å². The summed E-state index contributed by atoms with van der Waals surface area (Å²) in [7, 11) is 0. The number of carbonyl (C=O) groups is 2. The van der Waals surface area contributed by atoms with E-state index in [0.717, 1.165) is 39.9 Å². The van der Waals surface area contributed by atoms with E-state index >= 15 is 0 Å². The van der Waals surface area contributed by atoms with Crippen LogP contribution in [0.2, 0.25) is 5.02 Å². The van der Waals surface area contributed by atoms with Crippen molar-refractivity contribution in [2.45, 2.75) is 11.4 Å². The molecule has 3 aromatic rings. The summed E-state index contributed by atoms with van der Waals surface area (Å²) in [6.07, 6.45) is 0. The molecule has 0 N–H and O–H groups in total. The number of hydrogen-bond donors (Lipinski definition) is 0. The molecule has 0 spiro atoms. The Morgan fingerprint density at radius 2 is 1.52 bits per heavy atom. The van der Waals surface area contributed by atoms with Gasteiger partial charge in [-0.05, 0) is 42.0 Å². The molecule has 0 aromatic heterocycles. The summed E-state index contributed by atoms with van der Waals surface area (Å²) < 4.78 is 0. The zero-order valence-electron chi connectivity index (χ0n) is 18.1. The van der Waals surface area contributed by atoms with E-state index in [4.69, 9.17) is 11.6 Å². The van der Waals surface area contributed by atoms with Crippen LogP contribution in [0.4, 0.5) is 11.4 Å². The van der Waals surface area contributed by atoms with Gasteiger partial charge in [0.05, 0.1) is 28.7 Å². The molecule has 0 unspecified atom stereocenters. The number of thioether (sulfide) groups is 1. The molecule has 2 heterocycles. The Hall–Kier alpha value is -2.96. The summed E-state index contributed by atoms with van der Waals surface area (Å²) in [5, 5.41) is 0.737. The maximum atomic E-state index is 13.0. The van der Waals surface area contributed by atoms with E-state index in [9.17, 15) is 9.59 Å². The van der Waals surface area contributed by atoms with E-state index in [0.29, 0.717) is 31.0 Å². The molecule has 5 nitrogen and oxygen atoms in total. The Balaban J connectivity index is 1.23. The third-order valence-electron chi connectivity index (χ3n) is 6.11. The number of anilines is 2. The minimum atomic E-state index is 0.0381. The number of nitrogens with zero attached hydrogens (tertiary/aromatic N) is 3. The normalized spacial score (nSPS) is 16.0. The van der Waals surface area contributed by atoms with Gasteiger partial charge < -0.3 is 14.7 Å². The molecule has 1 fully saturated rings. The van der Waals surface area contributed by atoms with Crippen LogP contribution in [0.25, 0.3) is 0 Å². The SMILES string of the molecule is O=C(c1ccc(CN2C(=O)CSc3ccccc32)cc1)N1CCN(c2ccccc2Cl)CC1. The predicted molar refractivity (Wildman–Crippen MR) is 134 cm³/mol. The third kappa shape index (κ3) is 4.59. The number of halogens is 1. The Morgan fingerprint density at radius 3 is 2.24 bits per heavy atom. The van der Waals surface area contributed by atoms with Crippen LogP contribution in [0, 0.1) is 0 Å². The molecule has 0 atom stereocenters. The minimum Gasteiger partial charge on any atom is -0.367 e. The van der Waals surface area contributed by atoms with Gasteiger partial charge in [-0.1, -0.05) is 48.0 Å². The lowest BCUT2D eigenvalue weighted by atomic mass is 10.1. The summed E-state index contributed by atoms with van der Waals surface area (Å²) in [6.45, 7) is 3.32. The number of benzene rings is 3. The van der Waals surface area contributed by atoms with Gasteiger partial charge in [0, 0.05) is 36.6 Å². The van der Waals surface area contributed by atoms with Crippen LogP contribution < -0.4 is 9.80 Å². The zero-order valence-corrected chi connectivity index (χ0v) is 19.7. The molecule has 5 rings (SSSR count). The van der Waals surface area contributed by atoms with Crippen LogP contribution in [-0.4, -0.2) is 48.6 Å². The van der Waals surface area contributed by atoms with Gasteiger partial charge in [0.15, 0.2) is 0 Å². The maximum absolute atomic E-state index is 13.0. The first-order valence-corrected chi connectivity index (χ1v) is 12.4. The van der Waals surface area contributed by atoms with Gasteiger partial charge in [-0.3, -0.25) is 9.59 Å². The smallest absolute Gasteiger partial charge is 0.253 e. The van der Waals surface area contributed by atoms with Crippen LogP contribution in [0.1, 0.15) is 15.9 Å². The van der Waals surface area contributed by atoms with E-state index < -0.39 is 0 Å². The van der Waals surface area contributed by atoms with Crippen molar-refractivity contribution in [1.29, 1.82) is 0 Å². The molecule has 2 aliphatic rings. The van der Waals surface area contributed by atoms with Gasteiger partial charge in [-0.15, -0.1) is 11.8 Å². The first-order chi connectivity index (χ1) is 16.1. The minimum absolute atomic E-state index is 0.0381. The van der Waals surface area contributed by atoms with Crippen molar-refractivity contribution >= 4 is 46.6 Å². The van der Waals surface area contributed by atoms with Crippen LogP contribution >= 0.6 is 23.4 Å². The van der Waals surface area contributed by atoms with Crippen LogP contribution in [0.3, 0.4) is 0 Å². The van der Waals surface area contributed by atoms with Gasteiger partial charge in [0.25, 0.3) is 5.91 Å². The summed E-state index contributed by atoms with van der Waals surface area (Å²) in [6, 6.07) is 23.4. The second-order valence-corrected chi connectivity index (χ2v) is 9.59. The van der Waals surface area contributed by atoms with Crippen molar-refractivity contribution in [3.8, 4) is 0 Å². The summed E-state index contributed by atoms with van der Waals surface area (Å²) in [4.78, 5) is 32.6. The lowest BCUT2D eigenvalue weighted by molar-refractivity contribution is -0.116. The van der Waals surface area contributed by atoms with Gasteiger partial charge in [0.1, 0.15) is 0 Å². The standard InChI is InChI=1S/C26H24ClN3O2S/c27-21-5-1-2-6-22(21)28-13-15-29(16-14-28)26(32)20-11-9-19(10-12-20)17-30-23-7-3-4-8-24(23)33-18-25(30)31/h1-12H,13-18H2. The molecule has 1 saturated heterocycles. The van der Waals surface area contributed by atoms with E-state index in [1.165, 1.54) is 0 Å². The Labute approximate surface area is 202 Å². The van der Waals surface area contributed by atoms with Gasteiger partial charge >= 0.3 is 0 Å². The van der Waals surface area contributed by atoms with Crippen molar-refractivity contribution < 1.29 is 9.59 Å². The first-order valence-electron chi connectivity index (χ1n) is 11.0. The Morgan fingerprint density at radius 1 is 0.848 bits per heavy atom. The molecule has 33 heavy (non-hydrogen) atoms. The van der Waals surface area contributed by atoms with Crippen molar-refractivity contribution in [2.75, 3.05) is 41.7 Å². The first kappa shape index (κ1) is 21.9. The van der Waals surface area contributed by atoms with Gasteiger partial charge in [-0.25, -0.2) is 0 Å². The highest BCUT2D eigenvalue weighted by atomic mass is 35.5. The molecule has 0 saturated carbocycles. The van der Waals surface area contributed by atoms with Gasteiger partial charge in [-0.2, -0.15) is 0 Å². The number of para-hydroxylation sites is 2. The summed E-state index contributed by atoms with van der Waals surface area (Å²) in [5.41, 5.74) is 3.65. The van der Waals surface area contributed by atoms with Crippen molar-refractivity contribution in [1.82, 2.24) is 4.90 Å². The highest BCUT2D eigenvalue weighted by Crippen LogP contribution is 2.35. The fourth-order valence-electron chi connectivity index (χ4n) is 4.30. The molecule has 2 amide bonds. The predicted octanol–water partition coefficient (Wildman–Crippen LogP) is 4.94. The van der Waals surface area contributed by atoms with E-state index in [1.54, 1.807) is 11.8 Å². The largest absolute Gasteiger partial charge is 0.367 e. The molecular formula is C26H24ClN3O2S. The van der Waals surface area contributed by atoms with Crippen LogP contribution in [0.15, 0.2) is 77.7 Å². The fourth-order valence-corrected chi connectivity index (χ4v) is 5.49. The molecule has 7 heteroatoms. The van der Waals surface area contributed by atoms with Gasteiger partial charge in [0.2, 0.25) is 5.91 Å². The lowest BCUT2D eigenvalue weighted by Gasteiger charge is -2.36. The van der Waals surface area contributed by atoms with Crippen LogP contribution in [0.5, 0.6) is 0 Å².